The number of hydrogen-bond donors (Lipinski definition) is 4. The van der Waals surface area contributed by atoms with E-state index in [1.54, 1.807) is 4.90 Å². The van der Waals surface area contributed by atoms with Gasteiger partial charge in [-0.1, -0.05) is 60.7 Å². The number of hydrogen-bond acceptors (Lipinski definition) is 7. The fourth-order valence-electron chi connectivity index (χ4n) is 7.32. The number of nitrogens with one attached hydrogen (secondary N) is 2. The van der Waals surface area contributed by atoms with Gasteiger partial charge in [0.15, 0.2) is 0 Å². The first-order chi connectivity index (χ1) is 22.2. The fourth-order valence-corrected chi connectivity index (χ4v) is 7.32. The Labute approximate surface area is 272 Å². The van der Waals surface area contributed by atoms with Crippen LogP contribution in [0.15, 0.2) is 60.7 Å². The van der Waals surface area contributed by atoms with Gasteiger partial charge >= 0.3 is 0 Å². The molecule has 3 saturated heterocycles. The van der Waals surface area contributed by atoms with Crippen molar-refractivity contribution in [3.05, 3.63) is 71.8 Å². The van der Waals surface area contributed by atoms with E-state index >= 15 is 0 Å². The number of unbranched alkanes of at least 4 members (excludes halogenated alkanes) is 1. The number of rotatable bonds is 14. The summed E-state index contributed by atoms with van der Waals surface area (Å²) in [6.07, 6.45) is 3.97. The van der Waals surface area contributed by atoms with Crippen molar-refractivity contribution in [2.45, 2.75) is 94.2 Å². The predicted octanol–water partition coefficient (Wildman–Crippen LogP) is 0.802. The molecule has 11 heteroatoms. The maximum atomic E-state index is 14.0. The number of carbonyl (C=O) groups excluding carboxylic acids is 4. The number of amides is 4. The lowest BCUT2D eigenvalue weighted by Crippen LogP contribution is -2.72. The number of nitrogens with two attached hydrogens (primary N) is 2. The molecule has 46 heavy (non-hydrogen) atoms. The van der Waals surface area contributed by atoms with Crippen LogP contribution in [0, 0.1) is 0 Å². The lowest BCUT2D eigenvalue weighted by atomic mass is 9.86. The maximum absolute atomic E-state index is 14.0. The standard InChI is InChI=1S/C35H49N7O4/c1-23-17-30(34(45)41(23)31(15-9-10-16-36)35(46)42-26-20-27(42)22-40(2)21-26)39-33(44)29(19-25-13-7-4-8-14-25)38-32(43)28(37)18-24-11-5-3-6-12-24/h3-8,11-14,23,26-31H,9-10,15-22,36-37H2,1-2H3,(H,38,43)(H,39,44). The molecule has 5 rings (SSSR count). The number of benzene rings is 2. The van der Waals surface area contributed by atoms with E-state index in [-0.39, 0.29) is 36.4 Å². The van der Waals surface area contributed by atoms with E-state index in [1.165, 1.54) is 0 Å². The number of likely N-dealkylation sites (N-methyl/N-ethyl adjacent to an activating group) is 1. The Morgan fingerprint density at radius 3 is 2.11 bits per heavy atom. The van der Waals surface area contributed by atoms with Crippen molar-refractivity contribution in [2.75, 3.05) is 26.7 Å². The second-order valence-electron chi connectivity index (χ2n) is 13.2. The number of piperazine rings is 1. The quantitative estimate of drug-likeness (QED) is 0.225. The average Bonchev–Trinajstić information content (AvgIpc) is 3.31. The Balaban J connectivity index is 1.28. The molecule has 2 bridgehead atoms. The molecule has 3 fully saturated rings. The van der Waals surface area contributed by atoms with Gasteiger partial charge in [-0.2, -0.15) is 0 Å². The average molecular weight is 632 g/mol. The van der Waals surface area contributed by atoms with Crippen LogP contribution in [0.25, 0.3) is 0 Å². The van der Waals surface area contributed by atoms with E-state index in [0.29, 0.717) is 25.8 Å². The summed E-state index contributed by atoms with van der Waals surface area (Å²) in [5.74, 6) is -1.16. The van der Waals surface area contributed by atoms with Crippen molar-refractivity contribution >= 4 is 23.6 Å². The summed E-state index contributed by atoms with van der Waals surface area (Å²) < 4.78 is 0. The third-order valence-electron chi connectivity index (χ3n) is 9.65. The topological polar surface area (TPSA) is 154 Å². The van der Waals surface area contributed by atoms with E-state index in [9.17, 15) is 19.2 Å². The van der Waals surface area contributed by atoms with Gasteiger partial charge in [0.1, 0.15) is 18.1 Å². The normalized spacial score (nSPS) is 24.6. The van der Waals surface area contributed by atoms with Crippen LogP contribution >= 0.6 is 0 Å². The lowest BCUT2D eigenvalue weighted by Gasteiger charge is -2.57. The van der Waals surface area contributed by atoms with Crippen LogP contribution in [0.2, 0.25) is 0 Å². The molecule has 3 aliphatic heterocycles. The predicted molar refractivity (Wildman–Crippen MR) is 176 cm³/mol. The minimum Gasteiger partial charge on any atom is -0.343 e. The van der Waals surface area contributed by atoms with Crippen LogP contribution in [0.1, 0.15) is 50.2 Å². The van der Waals surface area contributed by atoms with E-state index in [4.69, 9.17) is 11.5 Å². The number of likely N-dealkylation sites (tertiary alicyclic amines) is 3. The molecule has 2 aromatic rings. The number of nitrogens with zero attached hydrogens (tertiary/aromatic N) is 3. The minimum absolute atomic E-state index is 0.000157. The number of fused-ring (bicyclic) bond motifs is 2. The van der Waals surface area contributed by atoms with Crippen LogP contribution in [0.4, 0.5) is 0 Å². The molecule has 0 saturated carbocycles. The lowest BCUT2D eigenvalue weighted by molar-refractivity contribution is -0.162. The van der Waals surface area contributed by atoms with Crippen molar-refractivity contribution in [1.29, 1.82) is 0 Å². The van der Waals surface area contributed by atoms with E-state index in [1.807, 2.05) is 72.5 Å². The van der Waals surface area contributed by atoms with Gasteiger partial charge < -0.3 is 36.8 Å². The van der Waals surface area contributed by atoms with Gasteiger partial charge in [-0.15, -0.1) is 0 Å². The van der Waals surface area contributed by atoms with Gasteiger partial charge in [-0.3, -0.25) is 19.2 Å². The zero-order valence-electron chi connectivity index (χ0n) is 27.0. The molecular formula is C35H49N7O4. The zero-order valence-corrected chi connectivity index (χ0v) is 27.0. The molecule has 7 atom stereocenters. The van der Waals surface area contributed by atoms with Gasteiger partial charge in [0.25, 0.3) is 0 Å². The van der Waals surface area contributed by atoms with Crippen LogP contribution < -0.4 is 22.1 Å². The smallest absolute Gasteiger partial charge is 0.246 e. The van der Waals surface area contributed by atoms with Gasteiger partial charge in [-0.05, 0) is 70.2 Å². The largest absolute Gasteiger partial charge is 0.343 e. The maximum Gasteiger partial charge on any atom is 0.246 e. The zero-order chi connectivity index (χ0) is 32.8. The second-order valence-corrected chi connectivity index (χ2v) is 13.2. The van der Waals surface area contributed by atoms with Crippen molar-refractivity contribution in [2.24, 2.45) is 11.5 Å². The number of carbonyl (C=O) groups is 4. The molecular weight excluding hydrogens is 582 g/mol. The van der Waals surface area contributed by atoms with Gasteiger partial charge in [0.05, 0.1) is 6.04 Å². The van der Waals surface area contributed by atoms with Crippen LogP contribution in [-0.4, -0.2) is 107 Å². The van der Waals surface area contributed by atoms with Crippen molar-refractivity contribution in [3.8, 4) is 0 Å². The third-order valence-corrected chi connectivity index (χ3v) is 9.65. The molecule has 0 aliphatic carbocycles. The molecule has 7 unspecified atom stereocenters. The first-order valence-corrected chi connectivity index (χ1v) is 16.6. The van der Waals surface area contributed by atoms with Crippen molar-refractivity contribution in [3.63, 3.8) is 0 Å². The molecule has 0 radical (unpaired) electrons. The summed E-state index contributed by atoms with van der Waals surface area (Å²) in [5, 5.41) is 5.78. The first-order valence-electron chi connectivity index (χ1n) is 16.6. The minimum atomic E-state index is -0.937. The summed E-state index contributed by atoms with van der Waals surface area (Å²) in [6.45, 7) is 4.13. The Bertz CT molecular complexity index is 1350. The Kier molecular flexibility index (Phi) is 11.1. The summed E-state index contributed by atoms with van der Waals surface area (Å²) in [6, 6.07) is 15.8. The highest BCUT2D eigenvalue weighted by atomic mass is 16.2. The van der Waals surface area contributed by atoms with Crippen LogP contribution in [0.3, 0.4) is 0 Å². The summed E-state index contributed by atoms with van der Waals surface area (Å²) in [4.78, 5) is 60.9. The summed E-state index contributed by atoms with van der Waals surface area (Å²) in [7, 11) is 2.07. The van der Waals surface area contributed by atoms with Crippen LogP contribution in [0.5, 0.6) is 0 Å². The monoisotopic (exact) mass is 631 g/mol. The highest BCUT2D eigenvalue weighted by molar-refractivity contribution is 5.96. The van der Waals surface area contributed by atoms with Gasteiger partial charge in [0, 0.05) is 37.6 Å². The number of piperidine rings is 1. The third kappa shape index (κ3) is 7.76. The van der Waals surface area contributed by atoms with Crippen LogP contribution in [-0.2, 0) is 32.0 Å². The molecule has 3 aliphatic rings. The van der Waals surface area contributed by atoms with Gasteiger partial charge in [-0.25, -0.2) is 0 Å². The van der Waals surface area contributed by atoms with E-state index in [2.05, 4.69) is 22.6 Å². The second kappa shape index (κ2) is 15.2. The van der Waals surface area contributed by atoms with Crippen molar-refractivity contribution in [1.82, 2.24) is 25.3 Å². The Morgan fingerprint density at radius 1 is 0.891 bits per heavy atom. The SMILES string of the molecule is CC1CC(NC(=O)C(Cc2ccccc2)NC(=O)C(N)Cc2ccccc2)C(=O)N1C(CCCCN)C(=O)N1C2CC1CN(C)C2. The van der Waals surface area contributed by atoms with E-state index in [0.717, 1.165) is 43.5 Å². The van der Waals surface area contributed by atoms with E-state index < -0.39 is 36.0 Å². The van der Waals surface area contributed by atoms with Crippen molar-refractivity contribution < 1.29 is 19.2 Å². The molecule has 2 aromatic carbocycles. The molecule has 11 nitrogen and oxygen atoms in total. The highest BCUT2D eigenvalue weighted by Crippen LogP contribution is 2.35. The molecule has 248 valence electrons. The Hall–Kier alpha value is -3.80. The molecule has 3 heterocycles. The summed E-state index contributed by atoms with van der Waals surface area (Å²) >= 11 is 0. The fraction of sp³-hybridized carbons (Fsp3) is 0.543. The first kappa shape index (κ1) is 33.6. The Morgan fingerprint density at radius 2 is 1.50 bits per heavy atom. The highest BCUT2D eigenvalue weighted by Gasteiger charge is 2.51. The molecule has 6 N–H and O–H groups in total. The molecule has 0 aromatic heterocycles. The molecule has 4 amide bonds. The molecule has 0 spiro atoms. The summed E-state index contributed by atoms with van der Waals surface area (Å²) in [5.41, 5.74) is 13.8. The van der Waals surface area contributed by atoms with Gasteiger partial charge in [0.2, 0.25) is 23.6 Å².